The van der Waals surface area contributed by atoms with Crippen LogP contribution < -0.4 is 16.0 Å². The van der Waals surface area contributed by atoms with Crippen LogP contribution in [0.25, 0.3) is 6.08 Å². The Labute approximate surface area is 187 Å². The van der Waals surface area contributed by atoms with Crippen LogP contribution >= 0.6 is 12.2 Å². The predicted octanol–water partition coefficient (Wildman–Crippen LogP) is 4.19. The molecule has 3 aromatic carbocycles. The summed E-state index contributed by atoms with van der Waals surface area (Å²) >= 11 is 5.23. The molecule has 0 spiro atoms. The Hall–Kier alpha value is -3.77. The van der Waals surface area contributed by atoms with Gasteiger partial charge in [0.2, 0.25) is 5.91 Å². The lowest BCUT2D eigenvalue weighted by Gasteiger charge is -2.13. The van der Waals surface area contributed by atoms with Gasteiger partial charge in [-0.3, -0.25) is 14.9 Å². The first-order valence-electron chi connectivity index (χ1n) is 9.88. The molecular formula is C25H23N3O2S. The highest BCUT2D eigenvalue weighted by atomic mass is 32.1. The van der Waals surface area contributed by atoms with Crippen molar-refractivity contribution in [3.63, 3.8) is 0 Å². The molecule has 0 fully saturated rings. The standard InChI is InChI=1S/C25H23N3O2S/c29-23(16-15-19-9-3-1-4-10-19)28-25(31)27-22-14-8-7-13-21(22)24(30)26-18-17-20-11-5-2-6-12-20/h1-16H,17-18H2,(H,26,30)(H2,27,28,29,31). The Balaban J connectivity index is 1.54. The smallest absolute Gasteiger partial charge is 0.253 e. The van der Waals surface area contributed by atoms with Crippen molar-refractivity contribution in [3.8, 4) is 0 Å². The van der Waals surface area contributed by atoms with Gasteiger partial charge < -0.3 is 10.6 Å². The van der Waals surface area contributed by atoms with Gasteiger partial charge in [0, 0.05) is 12.6 Å². The van der Waals surface area contributed by atoms with Crippen LogP contribution in [0.15, 0.2) is 91.0 Å². The Morgan fingerprint density at radius 2 is 1.48 bits per heavy atom. The Morgan fingerprint density at radius 3 is 2.23 bits per heavy atom. The van der Waals surface area contributed by atoms with Gasteiger partial charge in [-0.2, -0.15) is 0 Å². The Morgan fingerprint density at radius 1 is 0.839 bits per heavy atom. The lowest BCUT2D eigenvalue weighted by Crippen LogP contribution is -2.34. The van der Waals surface area contributed by atoms with Gasteiger partial charge in [0.15, 0.2) is 5.11 Å². The summed E-state index contributed by atoms with van der Waals surface area (Å²) in [7, 11) is 0. The minimum Gasteiger partial charge on any atom is -0.352 e. The van der Waals surface area contributed by atoms with E-state index in [0.29, 0.717) is 17.8 Å². The molecule has 6 heteroatoms. The molecular weight excluding hydrogens is 406 g/mol. The van der Waals surface area contributed by atoms with E-state index in [-0.39, 0.29) is 16.9 Å². The first-order chi connectivity index (χ1) is 15.1. The number of nitrogens with one attached hydrogen (secondary N) is 3. The van der Waals surface area contributed by atoms with Crippen LogP contribution in [0.2, 0.25) is 0 Å². The van der Waals surface area contributed by atoms with E-state index in [4.69, 9.17) is 12.2 Å². The summed E-state index contributed by atoms with van der Waals surface area (Å²) in [5.74, 6) is -0.566. The molecule has 0 unspecified atom stereocenters. The van der Waals surface area contributed by atoms with Gasteiger partial charge in [0.05, 0.1) is 11.3 Å². The van der Waals surface area contributed by atoms with Gasteiger partial charge in [-0.15, -0.1) is 0 Å². The molecule has 3 aromatic rings. The highest BCUT2D eigenvalue weighted by molar-refractivity contribution is 7.80. The fourth-order valence-electron chi connectivity index (χ4n) is 2.89. The number of anilines is 1. The molecule has 0 bridgehead atoms. The van der Waals surface area contributed by atoms with E-state index in [1.165, 1.54) is 6.08 Å². The second-order valence-corrected chi connectivity index (χ2v) is 7.13. The van der Waals surface area contributed by atoms with Crippen LogP contribution in [0.1, 0.15) is 21.5 Å². The summed E-state index contributed by atoms with van der Waals surface area (Å²) in [6.07, 6.45) is 3.85. The molecule has 0 aliphatic rings. The number of hydrogen-bond acceptors (Lipinski definition) is 3. The Bertz CT molecular complexity index is 1070. The number of hydrogen-bond donors (Lipinski definition) is 3. The molecule has 0 radical (unpaired) electrons. The molecule has 2 amide bonds. The van der Waals surface area contributed by atoms with Gasteiger partial charge >= 0.3 is 0 Å². The van der Waals surface area contributed by atoms with Crippen molar-refractivity contribution < 1.29 is 9.59 Å². The van der Waals surface area contributed by atoms with Crippen molar-refractivity contribution in [1.29, 1.82) is 0 Å². The quantitative estimate of drug-likeness (QED) is 0.389. The maximum atomic E-state index is 12.6. The van der Waals surface area contributed by atoms with E-state index in [1.54, 1.807) is 30.3 Å². The number of carbonyl (C=O) groups is 2. The lowest BCUT2D eigenvalue weighted by molar-refractivity contribution is -0.115. The number of para-hydroxylation sites is 1. The third-order valence-corrected chi connectivity index (χ3v) is 4.63. The van der Waals surface area contributed by atoms with Crippen LogP contribution in [0.4, 0.5) is 5.69 Å². The van der Waals surface area contributed by atoms with Crippen molar-refractivity contribution in [2.24, 2.45) is 0 Å². The largest absolute Gasteiger partial charge is 0.352 e. The summed E-state index contributed by atoms with van der Waals surface area (Å²) in [5.41, 5.74) is 3.04. The number of rotatable bonds is 7. The molecule has 31 heavy (non-hydrogen) atoms. The Kier molecular flexibility index (Phi) is 8.08. The number of carbonyl (C=O) groups excluding carboxylic acids is 2. The zero-order valence-electron chi connectivity index (χ0n) is 16.9. The van der Waals surface area contributed by atoms with E-state index in [0.717, 1.165) is 17.5 Å². The maximum absolute atomic E-state index is 12.6. The minimum absolute atomic E-state index is 0.118. The molecule has 0 saturated heterocycles. The van der Waals surface area contributed by atoms with E-state index in [1.807, 2.05) is 60.7 Å². The van der Waals surface area contributed by atoms with Gasteiger partial charge in [-0.05, 0) is 48.0 Å². The van der Waals surface area contributed by atoms with E-state index in [9.17, 15) is 9.59 Å². The van der Waals surface area contributed by atoms with Gasteiger partial charge in [-0.1, -0.05) is 72.8 Å². The highest BCUT2D eigenvalue weighted by Crippen LogP contribution is 2.15. The van der Waals surface area contributed by atoms with E-state index in [2.05, 4.69) is 16.0 Å². The number of benzene rings is 3. The van der Waals surface area contributed by atoms with Gasteiger partial charge in [0.1, 0.15) is 0 Å². The lowest BCUT2D eigenvalue weighted by atomic mass is 10.1. The third kappa shape index (κ3) is 7.21. The fourth-order valence-corrected chi connectivity index (χ4v) is 3.10. The van der Waals surface area contributed by atoms with Gasteiger partial charge in [0.25, 0.3) is 5.91 Å². The summed E-state index contributed by atoms with van der Waals surface area (Å²) in [5, 5.41) is 8.56. The number of amides is 2. The topological polar surface area (TPSA) is 70.2 Å². The first-order valence-corrected chi connectivity index (χ1v) is 10.3. The van der Waals surface area contributed by atoms with Crippen LogP contribution in [0, 0.1) is 0 Å². The summed E-state index contributed by atoms with van der Waals surface area (Å²) < 4.78 is 0. The molecule has 5 nitrogen and oxygen atoms in total. The summed E-state index contributed by atoms with van der Waals surface area (Å²) in [6.45, 7) is 0.517. The second-order valence-electron chi connectivity index (χ2n) is 6.72. The zero-order chi connectivity index (χ0) is 21.9. The summed E-state index contributed by atoms with van der Waals surface area (Å²) in [6, 6.07) is 26.5. The normalized spacial score (nSPS) is 10.5. The second kappa shape index (κ2) is 11.4. The van der Waals surface area contributed by atoms with E-state index >= 15 is 0 Å². The van der Waals surface area contributed by atoms with Gasteiger partial charge in [-0.25, -0.2) is 0 Å². The van der Waals surface area contributed by atoms with Crippen LogP contribution in [0.3, 0.4) is 0 Å². The van der Waals surface area contributed by atoms with Crippen molar-refractivity contribution in [2.45, 2.75) is 6.42 Å². The van der Waals surface area contributed by atoms with E-state index < -0.39 is 0 Å². The molecule has 0 heterocycles. The van der Waals surface area contributed by atoms with Crippen molar-refractivity contribution in [2.75, 3.05) is 11.9 Å². The van der Waals surface area contributed by atoms with Crippen LogP contribution in [0.5, 0.6) is 0 Å². The van der Waals surface area contributed by atoms with Crippen molar-refractivity contribution in [3.05, 3.63) is 108 Å². The van der Waals surface area contributed by atoms with Crippen LogP contribution in [-0.4, -0.2) is 23.5 Å². The van der Waals surface area contributed by atoms with Crippen molar-refractivity contribution in [1.82, 2.24) is 10.6 Å². The highest BCUT2D eigenvalue weighted by Gasteiger charge is 2.12. The molecule has 0 aliphatic heterocycles. The summed E-state index contributed by atoms with van der Waals surface area (Å²) in [4.78, 5) is 24.7. The molecule has 0 saturated carbocycles. The zero-order valence-corrected chi connectivity index (χ0v) is 17.7. The first kappa shape index (κ1) is 21.9. The molecule has 3 rings (SSSR count). The average Bonchev–Trinajstić information content (AvgIpc) is 2.79. The minimum atomic E-state index is -0.355. The predicted molar refractivity (Wildman–Crippen MR) is 129 cm³/mol. The monoisotopic (exact) mass is 429 g/mol. The molecule has 0 aliphatic carbocycles. The number of thiocarbonyl (C=S) groups is 1. The fraction of sp³-hybridized carbons (Fsp3) is 0.0800. The SMILES string of the molecule is O=C(C=Cc1ccccc1)NC(=S)Nc1ccccc1C(=O)NCCc1ccccc1. The molecule has 3 N–H and O–H groups in total. The molecule has 156 valence electrons. The average molecular weight is 430 g/mol. The molecule has 0 atom stereocenters. The van der Waals surface area contributed by atoms with Crippen molar-refractivity contribution >= 4 is 40.9 Å². The maximum Gasteiger partial charge on any atom is 0.253 e. The third-order valence-electron chi connectivity index (χ3n) is 4.43. The molecule has 0 aromatic heterocycles. The van der Waals surface area contributed by atoms with Crippen LogP contribution in [-0.2, 0) is 11.2 Å².